The van der Waals surface area contributed by atoms with Gasteiger partial charge in [-0.15, -0.1) is 0 Å². The number of H-pyrrole nitrogens is 1. The van der Waals surface area contributed by atoms with Crippen LogP contribution in [0.2, 0.25) is 5.28 Å². The molecule has 2 aromatic heterocycles. The van der Waals surface area contributed by atoms with Crippen molar-refractivity contribution in [3.05, 3.63) is 21.3 Å². The fraction of sp³-hybridized carbons (Fsp3) is 0.545. The zero-order valence-corrected chi connectivity index (χ0v) is 10.3. The maximum Gasteiger partial charge on any atom is 0.280 e. The molecule has 90 valence electrons. The number of nitrogens with zero attached hydrogens (tertiary/aromatic N) is 3. The van der Waals surface area contributed by atoms with Crippen LogP contribution in [-0.2, 0) is 7.05 Å². The lowest BCUT2D eigenvalue weighted by Crippen LogP contribution is -2.08. The SMILES string of the molecule is Cn1nc2c(=O)[nH]c(Cl)nc2c1C1CCCC1. The van der Waals surface area contributed by atoms with Crippen molar-refractivity contribution in [2.24, 2.45) is 7.05 Å². The van der Waals surface area contributed by atoms with E-state index in [4.69, 9.17) is 11.6 Å². The second-order valence-corrected chi connectivity index (χ2v) is 4.90. The zero-order chi connectivity index (χ0) is 12.0. The summed E-state index contributed by atoms with van der Waals surface area (Å²) in [7, 11) is 1.86. The van der Waals surface area contributed by atoms with Crippen LogP contribution in [0.1, 0.15) is 37.3 Å². The molecule has 1 saturated carbocycles. The highest BCUT2D eigenvalue weighted by atomic mass is 35.5. The Kier molecular flexibility index (Phi) is 2.43. The molecule has 1 aliphatic rings. The minimum absolute atomic E-state index is 0.134. The molecule has 1 aliphatic carbocycles. The van der Waals surface area contributed by atoms with Gasteiger partial charge < -0.3 is 0 Å². The number of halogens is 1. The summed E-state index contributed by atoms with van der Waals surface area (Å²) in [4.78, 5) is 18.4. The van der Waals surface area contributed by atoms with Crippen LogP contribution in [0.4, 0.5) is 0 Å². The second kappa shape index (κ2) is 3.84. The zero-order valence-electron chi connectivity index (χ0n) is 9.53. The van der Waals surface area contributed by atoms with Crippen LogP contribution in [0.15, 0.2) is 4.79 Å². The van der Waals surface area contributed by atoms with Crippen LogP contribution >= 0.6 is 11.6 Å². The van der Waals surface area contributed by atoms with E-state index < -0.39 is 0 Å². The summed E-state index contributed by atoms with van der Waals surface area (Å²) < 4.78 is 1.78. The standard InChI is InChI=1S/C11H13ClN4O/c1-16-9(6-4-2-3-5-6)7-8(15-16)10(17)14-11(12)13-7/h6H,2-5H2,1H3,(H,13,14,17). The topological polar surface area (TPSA) is 63.6 Å². The first-order valence-electron chi connectivity index (χ1n) is 5.79. The fourth-order valence-electron chi connectivity index (χ4n) is 2.72. The highest BCUT2D eigenvalue weighted by Crippen LogP contribution is 2.36. The van der Waals surface area contributed by atoms with Gasteiger partial charge >= 0.3 is 0 Å². The third-order valence-electron chi connectivity index (χ3n) is 3.45. The van der Waals surface area contributed by atoms with Gasteiger partial charge in [0.2, 0.25) is 5.28 Å². The molecule has 0 atom stereocenters. The van der Waals surface area contributed by atoms with Crippen LogP contribution in [-0.4, -0.2) is 19.7 Å². The summed E-state index contributed by atoms with van der Waals surface area (Å²) in [6.45, 7) is 0. The average molecular weight is 253 g/mol. The highest BCUT2D eigenvalue weighted by Gasteiger charge is 2.25. The first-order valence-corrected chi connectivity index (χ1v) is 6.17. The second-order valence-electron chi connectivity index (χ2n) is 4.54. The van der Waals surface area contributed by atoms with E-state index >= 15 is 0 Å². The van der Waals surface area contributed by atoms with E-state index in [1.807, 2.05) is 7.05 Å². The molecule has 17 heavy (non-hydrogen) atoms. The van der Waals surface area contributed by atoms with Crippen molar-refractivity contribution in [3.8, 4) is 0 Å². The van der Waals surface area contributed by atoms with Gasteiger partial charge in [-0.2, -0.15) is 5.10 Å². The number of hydrogen-bond acceptors (Lipinski definition) is 3. The first kappa shape index (κ1) is 10.8. The minimum Gasteiger partial charge on any atom is -0.295 e. The van der Waals surface area contributed by atoms with Gasteiger partial charge in [-0.1, -0.05) is 12.8 Å². The number of hydrogen-bond donors (Lipinski definition) is 1. The molecular weight excluding hydrogens is 240 g/mol. The third kappa shape index (κ3) is 1.65. The number of fused-ring (bicyclic) bond motifs is 1. The molecule has 2 aromatic rings. The number of nitrogens with one attached hydrogen (secondary N) is 1. The van der Waals surface area contributed by atoms with Crippen molar-refractivity contribution in [2.75, 3.05) is 0 Å². The van der Waals surface area contributed by atoms with Crippen LogP contribution in [0, 0.1) is 0 Å². The lowest BCUT2D eigenvalue weighted by molar-refractivity contribution is 0.622. The lowest BCUT2D eigenvalue weighted by atomic mass is 10.0. The number of aryl methyl sites for hydroxylation is 1. The van der Waals surface area contributed by atoms with E-state index in [9.17, 15) is 4.79 Å². The molecular formula is C11H13ClN4O. The van der Waals surface area contributed by atoms with Crippen molar-refractivity contribution in [1.82, 2.24) is 19.7 Å². The van der Waals surface area contributed by atoms with Crippen molar-refractivity contribution >= 4 is 22.6 Å². The third-order valence-corrected chi connectivity index (χ3v) is 3.63. The van der Waals surface area contributed by atoms with E-state index in [0.29, 0.717) is 17.0 Å². The summed E-state index contributed by atoms with van der Waals surface area (Å²) in [6.07, 6.45) is 4.74. The predicted octanol–water partition coefficient (Wildman–Crippen LogP) is 1.97. The van der Waals surface area contributed by atoms with Crippen molar-refractivity contribution in [1.29, 1.82) is 0 Å². The smallest absolute Gasteiger partial charge is 0.280 e. The summed E-state index contributed by atoms with van der Waals surface area (Å²) in [5.41, 5.74) is 1.83. The van der Waals surface area contributed by atoms with E-state index in [1.165, 1.54) is 12.8 Å². The monoisotopic (exact) mass is 252 g/mol. The molecule has 0 saturated heterocycles. The molecule has 3 rings (SSSR count). The molecule has 0 amide bonds. The molecule has 1 N–H and O–H groups in total. The maximum absolute atomic E-state index is 11.7. The predicted molar refractivity (Wildman–Crippen MR) is 65.3 cm³/mol. The Morgan fingerprint density at radius 1 is 1.35 bits per heavy atom. The molecule has 6 heteroatoms. The molecule has 1 fully saturated rings. The van der Waals surface area contributed by atoms with E-state index in [-0.39, 0.29) is 10.8 Å². The number of rotatable bonds is 1. The highest BCUT2D eigenvalue weighted by molar-refractivity contribution is 6.28. The molecule has 0 bridgehead atoms. The Bertz CT molecular complexity index is 624. The molecule has 0 aromatic carbocycles. The summed E-state index contributed by atoms with van der Waals surface area (Å²) in [5, 5.41) is 4.38. The van der Waals surface area contributed by atoms with Crippen LogP contribution in [0.3, 0.4) is 0 Å². The van der Waals surface area contributed by atoms with Gasteiger partial charge in [0.1, 0.15) is 5.52 Å². The molecule has 0 spiro atoms. The largest absolute Gasteiger partial charge is 0.295 e. The number of aromatic nitrogens is 4. The first-order chi connectivity index (χ1) is 8.16. The molecule has 0 aliphatic heterocycles. The van der Waals surface area contributed by atoms with Gasteiger partial charge in [0, 0.05) is 13.0 Å². The Morgan fingerprint density at radius 3 is 2.76 bits per heavy atom. The Morgan fingerprint density at radius 2 is 2.06 bits per heavy atom. The average Bonchev–Trinajstić information content (AvgIpc) is 2.84. The van der Waals surface area contributed by atoms with Gasteiger partial charge in [0.25, 0.3) is 5.56 Å². The van der Waals surface area contributed by atoms with E-state index in [0.717, 1.165) is 18.5 Å². The van der Waals surface area contributed by atoms with Gasteiger partial charge in [-0.3, -0.25) is 14.5 Å². The molecule has 0 radical (unpaired) electrons. The van der Waals surface area contributed by atoms with E-state index in [2.05, 4.69) is 15.1 Å². The molecule has 2 heterocycles. The summed E-state index contributed by atoms with van der Waals surface area (Å²) >= 11 is 5.81. The normalized spacial score (nSPS) is 17.1. The van der Waals surface area contributed by atoms with Gasteiger partial charge in [-0.05, 0) is 24.4 Å². The Balaban J connectivity index is 2.29. The van der Waals surface area contributed by atoms with Crippen LogP contribution < -0.4 is 5.56 Å². The fourth-order valence-corrected chi connectivity index (χ4v) is 2.90. The Labute approximate surface area is 103 Å². The quantitative estimate of drug-likeness (QED) is 0.790. The van der Waals surface area contributed by atoms with Gasteiger partial charge in [-0.25, -0.2) is 4.98 Å². The summed E-state index contributed by atoms with van der Waals surface area (Å²) in [5.74, 6) is 0.454. The van der Waals surface area contributed by atoms with Gasteiger partial charge in [0.15, 0.2) is 5.52 Å². The minimum atomic E-state index is -0.264. The van der Waals surface area contributed by atoms with Crippen molar-refractivity contribution < 1.29 is 0 Å². The summed E-state index contributed by atoms with van der Waals surface area (Å²) in [6, 6.07) is 0. The van der Waals surface area contributed by atoms with Crippen molar-refractivity contribution in [2.45, 2.75) is 31.6 Å². The van der Waals surface area contributed by atoms with Crippen LogP contribution in [0.25, 0.3) is 11.0 Å². The van der Waals surface area contributed by atoms with Gasteiger partial charge in [0.05, 0.1) is 5.69 Å². The number of aromatic amines is 1. The van der Waals surface area contributed by atoms with E-state index in [1.54, 1.807) is 4.68 Å². The van der Waals surface area contributed by atoms with Crippen LogP contribution in [0.5, 0.6) is 0 Å². The Hall–Kier alpha value is -1.36. The maximum atomic E-state index is 11.7. The molecule has 5 nitrogen and oxygen atoms in total. The molecule has 0 unspecified atom stereocenters. The van der Waals surface area contributed by atoms with Crippen molar-refractivity contribution in [3.63, 3.8) is 0 Å². The lowest BCUT2D eigenvalue weighted by Gasteiger charge is -2.09.